The fourth-order valence-electron chi connectivity index (χ4n) is 9.08. The minimum atomic E-state index is 0.467. The van der Waals surface area contributed by atoms with Crippen LogP contribution in [0, 0.1) is 58.2 Å². The Morgan fingerprint density at radius 2 is 1.59 bits per heavy atom. The predicted molar refractivity (Wildman–Crippen MR) is 123 cm³/mol. The first-order valence-corrected chi connectivity index (χ1v) is 13.2. The van der Waals surface area contributed by atoms with Crippen LogP contribution in [0.1, 0.15) is 112 Å². The van der Waals surface area contributed by atoms with Gasteiger partial charge in [0, 0.05) is 12.8 Å². The minimum Gasteiger partial charge on any atom is -0.300 e. The number of hydrogen-bond donors (Lipinski definition) is 0. The normalized spacial score (nSPS) is 46.7. The summed E-state index contributed by atoms with van der Waals surface area (Å²) in [5.41, 5.74) is 1.06. The zero-order valence-corrected chi connectivity index (χ0v) is 20.3. The Morgan fingerprint density at radius 1 is 0.862 bits per heavy atom. The second-order valence-corrected chi connectivity index (χ2v) is 12.9. The van der Waals surface area contributed by atoms with Gasteiger partial charge in [0.1, 0.15) is 5.78 Å². The molecule has 0 N–H and O–H groups in total. The average molecular weight is 401 g/mol. The van der Waals surface area contributed by atoms with Gasteiger partial charge in [0.2, 0.25) is 0 Å². The maximum absolute atomic E-state index is 12.1. The molecule has 29 heavy (non-hydrogen) atoms. The van der Waals surface area contributed by atoms with Crippen molar-refractivity contribution in [1.29, 1.82) is 0 Å². The van der Waals surface area contributed by atoms with E-state index in [1.807, 2.05) is 0 Å². The molecule has 1 nitrogen and oxygen atoms in total. The standard InChI is InChI=1S/C28H48O/c1-18(2)19(3)7-8-20(4)24-11-12-25-23-10-9-21-17-22(29)13-15-27(21,5)26(23)14-16-28(24,25)6/h18-21,23-26H,7-17H2,1-6H3/t19-,20-,21-,23+,24-,25+,26+,27+,28-/m1/s1. The second-order valence-electron chi connectivity index (χ2n) is 12.9. The summed E-state index contributed by atoms with van der Waals surface area (Å²) in [5.74, 6) is 7.60. The molecule has 4 aliphatic carbocycles. The summed E-state index contributed by atoms with van der Waals surface area (Å²) < 4.78 is 0. The zero-order valence-electron chi connectivity index (χ0n) is 20.3. The van der Waals surface area contributed by atoms with Crippen LogP contribution in [0.4, 0.5) is 0 Å². The Kier molecular flexibility index (Phi) is 6.02. The number of carbonyl (C=O) groups is 1. The third-order valence-corrected chi connectivity index (χ3v) is 11.5. The Morgan fingerprint density at radius 3 is 2.31 bits per heavy atom. The highest BCUT2D eigenvalue weighted by Gasteiger charge is 2.60. The molecule has 1 heteroatoms. The van der Waals surface area contributed by atoms with Crippen molar-refractivity contribution in [3.05, 3.63) is 0 Å². The number of Topliss-reactive ketones (excluding diaryl/α,β-unsaturated/α-hetero) is 1. The van der Waals surface area contributed by atoms with Crippen LogP contribution in [0.2, 0.25) is 0 Å². The van der Waals surface area contributed by atoms with Gasteiger partial charge >= 0.3 is 0 Å². The first kappa shape index (κ1) is 21.9. The molecule has 0 amide bonds. The smallest absolute Gasteiger partial charge is 0.133 e. The van der Waals surface area contributed by atoms with Gasteiger partial charge in [0.25, 0.3) is 0 Å². The summed E-state index contributed by atoms with van der Waals surface area (Å²) in [4.78, 5) is 12.1. The SMILES string of the molecule is CC(C)[C@H](C)CC[C@@H](C)[C@H]1CC[C@H]2[C@@H]3CC[C@@H]4CC(=O)CC[C@]4(C)[C@H]3CC[C@]12C. The quantitative estimate of drug-likeness (QED) is 0.458. The third kappa shape index (κ3) is 3.65. The molecule has 0 heterocycles. The van der Waals surface area contributed by atoms with Gasteiger partial charge in [-0.2, -0.15) is 0 Å². The highest BCUT2D eigenvalue weighted by Crippen LogP contribution is 2.68. The van der Waals surface area contributed by atoms with E-state index in [0.29, 0.717) is 22.5 Å². The lowest BCUT2D eigenvalue weighted by molar-refractivity contribution is -0.140. The Balaban J connectivity index is 1.46. The van der Waals surface area contributed by atoms with Gasteiger partial charge in [0.15, 0.2) is 0 Å². The van der Waals surface area contributed by atoms with Crippen LogP contribution in [0.3, 0.4) is 0 Å². The summed E-state index contributed by atoms with van der Waals surface area (Å²) >= 11 is 0. The van der Waals surface area contributed by atoms with Crippen molar-refractivity contribution in [3.63, 3.8) is 0 Å². The van der Waals surface area contributed by atoms with E-state index in [2.05, 4.69) is 41.5 Å². The van der Waals surface area contributed by atoms with Gasteiger partial charge in [-0.25, -0.2) is 0 Å². The number of hydrogen-bond acceptors (Lipinski definition) is 1. The molecule has 0 bridgehead atoms. The van der Waals surface area contributed by atoms with Crippen molar-refractivity contribution in [2.45, 2.75) is 112 Å². The van der Waals surface area contributed by atoms with Crippen LogP contribution < -0.4 is 0 Å². The zero-order chi connectivity index (χ0) is 21.0. The molecular weight excluding hydrogens is 352 g/mol. The molecule has 4 rings (SSSR count). The second kappa shape index (κ2) is 7.98. The van der Waals surface area contributed by atoms with Crippen molar-refractivity contribution in [2.24, 2.45) is 58.2 Å². The van der Waals surface area contributed by atoms with E-state index in [1.54, 1.807) is 0 Å². The van der Waals surface area contributed by atoms with Crippen molar-refractivity contribution in [1.82, 2.24) is 0 Å². The van der Waals surface area contributed by atoms with Crippen LogP contribution >= 0.6 is 0 Å². The summed E-state index contributed by atoms with van der Waals surface area (Å²) in [6, 6.07) is 0. The number of rotatable bonds is 5. The van der Waals surface area contributed by atoms with Crippen LogP contribution in [0.5, 0.6) is 0 Å². The summed E-state index contributed by atoms with van der Waals surface area (Å²) in [6.07, 6.45) is 14.4. The molecule has 4 saturated carbocycles. The topological polar surface area (TPSA) is 17.1 Å². The van der Waals surface area contributed by atoms with E-state index >= 15 is 0 Å². The summed E-state index contributed by atoms with van der Waals surface area (Å²) in [6.45, 7) is 15.1. The molecule has 4 fully saturated rings. The molecule has 0 saturated heterocycles. The van der Waals surface area contributed by atoms with E-state index in [9.17, 15) is 4.79 Å². The van der Waals surface area contributed by atoms with Crippen molar-refractivity contribution in [2.75, 3.05) is 0 Å². The summed E-state index contributed by atoms with van der Waals surface area (Å²) in [7, 11) is 0. The molecule has 4 aliphatic rings. The van der Waals surface area contributed by atoms with E-state index in [1.165, 1.54) is 57.8 Å². The molecule has 166 valence electrons. The Labute approximate surface area is 181 Å². The third-order valence-electron chi connectivity index (χ3n) is 11.5. The number of fused-ring (bicyclic) bond motifs is 5. The lowest BCUT2D eigenvalue weighted by Gasteiger charge is -2.60. The lowest BCUT2D eigenvalue weighted by Crippen LogP contribution is -2.53. The van der Waals surface area contributed by atoms with Crippen molar-refractivity contribution < 1.29 is 4.79 Å². The molecule has 0 spiro atoms. The lowest BCUT2D eigenvalue weighted by atomic mass is 9.44. The van der Waals surface area contributed by atoms with E-state index in [0.717, 1.165) is 54.3 Å². The van der Waals surface area contributed by atoms with E-state index < -0.39 is 0 Å². The van der Waals surface area contributed by atoms with Gasteiger partial charge in [0.05, 0.1) is 0 Å². The van der Waals surface area contributed by atoms with Crippen molar-refractivity contribution >= 4 is 5.78 Å². The van der Waals surface area contributed by atoms with E-state index in [4.69, 9.17) is 0 Å². The first-order valence-electron chi connectivity index (χ1n) is 13.2. The first-order chi connectivity index (χ1) is 13.7. The molecule has 0 aromatic carbocycles. The number of carbonyl (C=O) groups excluding carboxylic acids is 1. The Hall–Kier alpha value is -0.330. The van der Waals surface area contributed by atoms with Crippen LogP contribution in [0.15, 0.2) is 0 Å². The molecule has 0 unspecified atom stereocenters. The van der Waals surface area contributed by atoms with Crippen LogP contribution in [-0.2, 0) is 4.79 Å². The van der Waals surface area contributed by atoms with Gasteiger partial charge in [-0.15, -0.1) is 0 Å². The van der Waals surface area contributed by atoms with Gasteiger partial charge in [-0.1, -0.05) is 54.4 Å². The number of ketones is 1. The molecule has 9 atom stereocenters. The molecule has 0 aromatic rings. The van der Waals surface area contributed by atoms with E-state index in [-0.39, 0.29) is 0 Å². The van der Waals surface area contributed by atoms with Crippen molar-refractivity contribution in [3.8, 4) is 0 Å². The molecule has 0 radical (unpaired) electrons. The maximum Gasteiger partial charge on any atom is 0.133 e. The highest BCUT2D eigenvalue weighted by atomic mass is 16.1. The van der Waals surface area contributed by atoms with Crippen LogP contribution in [0.25, 0.3) is 0 Å². The largest absolute Gasteiger partial charge is 0.300 e. The highest BCUT2D eigenvalue weighted by molar-refractivity contribution is 5.79. The predicted octanol–water partition coefficient (Wildman–Crippen LogP) is 7.92. The summed E-state index contributed by atoms with van der Waals surface area (Å²) in [5, 5.41) is 0. The maximum atomic E-state index is 12.1. The fraction of sp³-hybridized carbons (Fsp3) is 0.964. The average Bonchev–Trinajstić information content (AvgIpc) is 3.03. The monoisotopic (exact) mass is 400 g/mol. The van der Waals surface area contributed by atoms with Crippen LogP contribution in [-0.4, -0.2) is 5.78 Å². The van der Waals surface area contributed by atoms with Gasteiger partial charge in [-0.3, -0.25) is 4.79 Å². The molecule has 0 aromatic heterocycles. The van der Waals surface area contributed by atoms with Gasteiger partial charge in [-0.05, 0) is 103 Å². The molecule has 0 aliphatic heterocycles. The fourth-order valence-corrected chi connectivity index (χ4v) is 9.08. The van der Waals surface area contributed by atoms with Gasteiger partial charge < -0.3 is 0 Å². The minimum absolute atomic E-state index is 0.467. The molecular formula is C28H48O. The Bertz CT molecular complexity index is 607.